The number of H-pyrrole nitrogens is 1. The molecule has 1 aromatic heterocycles. The molecule has 0 unspecified atom stereocenters. The fourth-order valence-electron chi connectivity index (χ4n) is 5.41. The van der Waals surface area contributed by atoms with Gasteiger partial charge in [0.2, 0.25) is 11.8 Å². The van der Waals surface area contributed by atoms with Gasteiger partial charge in [0.05, 0.1) is 23.2 Å². The van der Waals surface area contributed by atoms with E-state index in [9.17, 15) is 19.2 Å². The number of hydrogen-bond donors (Lipinski definition) is 2. The van der Waals surface area contributed by atoms with E-state index in [1.165, 1.54) is 16.7 Å². The summed E-state index contributed by atoms with van der Waals surface area (Å²) in [5, 5.41) is 2.71. The number of carbonyl (C=O) groups is 3. The average molecular weight is 616 g/mol. The molecule has 0 spiro atoms. The zero-order chi connectivity index (χ0) is 30.2. The van der Waals surface area contributed by atoms with Crippen LogP contribution in [-0.2, 0) is 14.4 Å². The van der Waals surface area contributed by atoms with E-state index in [-0.39, 0.29) is 29.2 Å². The van der Waals surface area contributed by atoms with Crippen LogP contribution in [0.1, 0.15) is 34.4 Å². The smallest absolute Gasteiger partial charge is 0.305 e. The van der Waals surface area contributed by atoms with Gasteiger partial charge in [0.15, 0.2) is 18.1 Å². The molecule has 0 saturated carbocycles. The number of carbonyl (C=O) groups excluding carboxylic acids is 3. The normalized spacial score (nSPS) is 19.1. The molecule has 0 aliphatic carbocycles. The average Bonchev–Trinajstić information content (AvgIpc) is 3.48. The highest BCUT2D eigenvalue weighted by atomic mass is 32.2. The predicted molar refractivity (Wildman–Crippen MR) is 167 cm³/mol. The van der Waals surface area contributed by atoms with Gasteiger partial charge < -0.3 is 19.8 Å². The quantitative estimate of drug-likeness (QED) is 0.260. The van der Waals surface area contributed by atoms with Crippen molar-refractivity contribution in [2.24, 2.45) is 5.92 Å². The van der Waals surface area contributed by atoms with Gasteiger partial charge in [-0.3, -0.25) is 19.2 Å². The van der Waals surface area contributed by atoms with Crippen molar-refractivity contribution >= 4 is 52.2 Å². The number of aromatic amines is 1. The zero-order valence-electron chi connectivity index (χ0n) is 23.7. The highest BCUT2D eigenvalue weighted by Gasteiger charge is 2.56. The molecular weight excluding hydrogens is 587 g/mol. The number of ether oxygens (including phenoxy) is 2. The summed E-state index contributed by atoms with van der Waals surface area (Å²) < 4.78 is 11.7. The van der Waals surface area contributed by atoms with Crippen LogP contribution < -0.4 is 24.6 Å². The minimum Gasteiger partial charge on any atom is -0.490 e. The Labute approximate surface area is 256 Å². The second-order valence-electron chi connectivity index (χ2n) is 10.4. The van der Waals surface area contributed by atoms with Crippen molar-refractivity contribution < 1.29 is 23.9 Å². The lowest BCUT2D eigenvalue weighted by molar-refractivity contribution is -0.122. The number of fused-ring (bicyclic) bond motifs is 2. The summed E-state index contributed by atoms with van der Waals surface area (Å²) in [6.45, 7) is 5.85. The number of hydrogen-bond acceptors (Lipinski definition) is 8. The Morgan fingerprint density at radius 2 is 1.60 bits per heavy atom. The summed E-state index contributed by atoms with van der Waals surface area (Å²) in [5.41, 5.74) is 4.00. The summed E-state index contributed by atoms with van der Waals surface area (Å²) in [6, 6.07) is 20.0. The van der Waals surface area contributed by atoms with Crippen LogP contribution in [0.4, 0.5) is 11.4 Å². The number of rotatable bonds is 8. The molecule has 2 aliphatic heterocycles. The standard InChI is InChI=1S/C32H29N3O6S2/c1-4-40-23-15-19(9-14-22(23)41-16-24(36)33-20-10-5-17(2)6-11-20)25-26-28(42-29-27(25)43-32(39)34-29)31(38)35(30(26)37)21-12-7-18(3)8-13-21/h5-15,25-26,28H,4,16H2,1-3H3,(H,33,36)(H,34,39)/t25-,26-,28+/m0/s1. The van der Waals surface area contributed by atoms with Crippen molar-refractivity contribution in [3.8, 4) is 11.5 Å². The minimum absolute atomic E-state index is 0.236. The van der Waals surface area contributed by atoms with Crippen molar-refractivity contribution in [2.45, 2.75) is 37.0 Å². The number of anilines is 2. The Hall–Kier alpha value is -4.35. The Morgan fingerprint density at radius 1 is 0.907 bits per heavy atom. The molecule has 11 heteroatoms. The summed E-state index contributed by atoms with van der Waals surface area (Å²) in [6.07, 6.45) is 0. The summed E-state index contributed by atoms with van der Waals surface area (Å²) in [5.74, 6) is -1.46. The van der Waals surface area contributed by atoms with E-state index >= 15 is 0 Å². The van der Waals surface area contributed by atoms with Gasteiger partial charge in [-0.2, -0.15) is 0 Å². The number of thiazole rings is 1. The van der Waals surface area contributed by atoms with Crippen molar-refractivity contribution in [1.82, 2.24) is 4.98 Å². The number of thioether (sulfide) groups is 1. The second-order valence-corrected chi connectivity index (χ2v) is 12.6. The Kier molecular flexibility index (Phi) is 7.85. The van der Waals surface area contributed by atoms with Crippen LogP contribution in [0.2, 0.25) is 0 Å². The molecule has 6 rings (SSSR count). The first-order chi connectivity index (χ1) is 20.7. The monoisotopic (exact) mass is 615 g/mol. The van der Waals surface area contributed by atoms with Gasteiger partial charge in [-0.05, 0) is 62.7 Å². The van der Waals surface area contributed by atoms with Crippen LogP contribution >= 0.6 is 23.1 Å². The molecule has 3 amide bonds. The number of nitrogens with one attached hydrogen (secondary N) is 2. The molecule has 1 saturated heterocycles. The molecule has 2 aliphatic rings. The first-order valence-electron chi connectivity index (χ1n) is 13.8. The summed E-state index contributed by atoms with van der Waals surface area (Å²) in [7, 11) is 0. The van der Waals surface area contributed by atoms with E-state index in [1.807, 2.05) is 57.2 Å². The van der Waals surface area contributed by atoms with Crippen LogP contribution in [0, 0.1) is 19.8 Å². The second kappa shape index (κ2) is 11.7. The number of aromatic nitrogens is 1. The zero-order valence-corrected chi connectivity index (χ0v) is 25.3. The van der Waals surface area contributed by atoms with Crippen LogP contribution in [0.25, 0.3) is 0 Å². The molecule has 1 fully saturated rings. The molecule has 43 heavy (non-hydrogen) atoms. The minimum atomic E-state index is -0.723. The molecule has 0 bridgehead atoms. The van der Waals surface area contributed by atoms with Gasteiger partial charge in [-0.25, -0.2) is 4.90 Å². The van der Waals surface area contributed by atoms with Crippen molar-refractivity contribution in [1.29, 1.82) is 0 Å². The molecule has 2 N–H and O–H groups in total. The fraction of sp³-hybridized carbons (Fsp3) is 0.250. The van der Waals surface area contributed by atoms with E-state index in [4.69, 9.17) is 9.47 Å². The SMILES string of the molecule is CCOc1cc([C@@H]2c3sc(=O)[nH]c3S[C@H]3C(=O)N(c4ccc(C)cc4)C(=O)[C@@H]23)ccc1OCC(=O)Nc1ccc(C)cc1. The van der Waals surface area contributed by atoms with Crippen LogP contribution in [0.5, 0.6) is 11.5 Å². The number of aryl methyl sites for hydroxylation is 2. The Balaban J connectivity index is 1.31. The Bertz CT molecular complexity index is 1760. The third-order valence-electron chi connectivity index (χ3n) is 7.44. The number of imide groups is 1. The van der Waals surface area contributed by atoms with Gasteiger partial charge >= 0.3 is 4.87 Å². The molecule has 0 radical (unpaired) electrons. The van der Waals surface area contributed by atoms with Crippen molar-refractivity contribution in [2.75, 3.05) is 23.4 Å². The number of nitrogens with zero attached hydrogens (tertiary/aromatic N) is 1. The maximum absolute atomic E-state index is 14.0. The molecule has 3 aromatic carbocycles. The first kappa shape index (κ1) is 28.8. The molecule has 3 heterocycles. The summed E-state index contributed by atoms with van der Waals surface area (Å²) >= 11 is 2.28. The van der Waals surface area contributed by atoms with Crippen LogP contribution in [0.15, 0.2) is 76.6 Å². The maximum Gasteiger partial charge on any atom is 0.305 e. The van der Waals surface area contributed by atoms with Gasteiger partial charge in [0.25, 0.3) is 5.91 Å². The van der Waals surface area contributed by atoms with E-state index in [1.54, 1.807) is 30.3 Å². The van der Waals surface area contributed by atoms with Crippen LogP contribution in [0.3, 0.4) is 0 Å². The fourth-order valence-corrected chi connectivity index (χ4v) is 7.92. The van der Waals surface area contributed by atoms with Crippen molar-refractivity contribution in [3.63, 3.8) is 0 Å². The topological polar surface area (TPSA) is 118 Å². The van der Waals surface area contributed by atoms with Gasteiger partial charge in [-0.15, -0.1) is 0 Å². The highest BCUT2D eigenvalue weighted by Crippen LogP contribution is 2.53. The largest absolute Gasteiger partial charge is 0.490 e. The van der Waals surface area contributed by atoms with Crippen molar-refractivity contribution in [3.05, 3.63) is 98.0 Å². The maximum atomic E-state index is 14.0. The molecule has 3 atom stereocenters. The predicted octanol–water partition coefficient (Wildman–Crippen LogP) is 5.27. The number of amides is 3. The lowest BCUT2D eigenvalue weighted by Crippen LogP contribution is -2.32. The first-order valence-corrected chi connectivity index (χ1v) is 15.5. The third kappa shape index (κ3) is 5.57. The van der Waals surface area contributed by atoms with E-state index in [2.05, 4.69) is 10.3 Å². The van der Waals surface area contributed by atoms with Gasteiger partial charge in [0, 0.05) is 16.5 Å². The van der Waals surface area contributed by atoms with E-state index in [0.29, 0.717) is 44.9 Å². The van der Waals surface area contributed by atoms with Crippen LogP contribution in [-0.4, -0.2) is 41.2 Å². The van der Waals surface area contributed by atoms with Gasteiger partial charge in [-0.1, -0.05) is 64.6 Å². The molecular formula is C32H29N3O6S2. The van der Waals surface area contributed by atoms with Gasteiger partial charge in [0.1, 0.15) is 5.25 Å². The number of benzene rings is 3. The third-order valence-corrected chi connectivity index (χ3v) is 9.84. The summed E-state index contributed by atoms with van der Waals surface area (Å²) in [4.78, 5) is 57.2. The lowest BCUT2D eigenvalue weighted by atomic mass is 9.83. The highest BCUT2D eigenvalue weighted by molar-refractivity contribution is 8.00. The molecule has 220 valence electrons. The van der Waals surface area contributed by atoms with E-state index < -0.39 is 17.1 Å². The van der Waals surface area contributed by atoms with E-state index in [0.717, 1.165) is 22.5 Å². The Morgan fingerprint density at radius 3 is 2.30 bits per heavy atom. The lowest BCUT2D eigenvalue weighted by Gasteiger charge is -2.30. The molecule has 4 aromatic rings. The molecule has 9 nitrogen and oxygen atoms in total.